The number of benzene rings is 3. The minimum absolute atomic E-state index is 0.0387. The molecule has 0 aromatic heterocycles. The molecule has 2 atom stereocenters. The number of ether oxygens (including phenoxy) is 2. The molecule has 0 radical (unpaired) electrons. The van der Waals surface area contributed by atoms with E-state index in [-0.39, 0.29) is 24.4 Å². The van der Waals surface area contributed by atoms with Crippen LogP contribution in [0.3, 0.4) is 0 Å². The fourth-order valence-corrected chi connectivity index (χ4v) is 4.65. The smallest absolute Gasteiger partial charge is 0.321 e. The summed E-state index contributed by atoms with van der Waals surface area (Å²) in [4.78, 5) is 27.5. The van der Waals surface area contributed by atoms with Crippen LogP contribution in [-0.4, -0.2) is 48.9 Å². The number of esters is 1. The summed E-state index contributed by atoms with van der Waals surface area (Å²) < 4.78 is 11.0. The number of nitrogen functional groups attached to an aromatic ring is 1. The maximum absolute atomic E-state index is 13.3. The summed E-state index contributed by atoms with van der Waals surface area (Å²) in [5, 5.41) is 7.52. The largest absolute Gasteiger partial charge is 0.491 e. The van der Waals surface area contributed by atoms with Crippen molar-refractivity contribution < 1.29 is 19.1 Å². The van der Waals surface area contributed by atoms with Crippen LogP contribution in [0.25, 0.3) is 11.1 Å². The van der Waals surface area contributed by atoms with Crippen LogP contribution in [0.2, 0.25) is 0 Å². The predicted octanol–water partition coefficient (Wildman–Crippen LogP) is 4.04. The molecule has 4 rings (SSSR count). The van der Waals surface area contributed by atoms with E-state index >= 15 is 0 Å². The highest BCUT2D eigenvalue weighted by molar-refractivity contribution is 6.04. The molecule has 1 aliphatic heterocycles. The maximum atomic E-state index is 13.3. The number of hydrogen-bond acceptors (Lipinski definition) is 5. The molecule has 1 fully saturated rings. The van der Waals surface area contributed by atoms with E-state index < -0.39 is 11.4 Å². The van der Waals surface area contributed by atoms with Crippen LogP contribution >= 0.6 is 0 Å². The van der Waals surface area contributed by atoms with Crippen molar-refractivity contribution in [3.05, 3.63) is 90.0 Å². The van der Waals surface area contributed by atoms with Crippen LogP contribution in [0, 0.1) is 10.8 Å². The molecule has 36 heavy (non-hydrogen) atoms. The molecule has 1 saturated heterocycles. The van der Waals surface area contributed by atoms with Gasteiger partial charge in [0.15, 0.2) is 0 Å². The number of nitrogens with zero attached hydrogens (tertiary/aromatic N) is 1. The monoisotopic (exact) mass is 485 g/mol. The molecule has 0 bridgehead atoms. The molecule has 1 aliphatic rings. The summed E-state index contributed by atoms with van der Waals surface area (Å²) in [6, 6.07) is 24.9. The van der Waals surface area contributed by atoms with E-state index in [9.17, 15) is 9.59 Å². The van der Waals surface area contributed by atoms with E-state index in [1.807, 2.05) is 78.9 Å². The van der Waals surface area contributed by atoms with Gasteiger partial charge in [0.1, 0.15) is 23.6 Å². The van der Waals surface area contributed by atoms with Crippen molar-refractivity contribution in [2.75, 3.05) is 20.3 Å². The summed E-state index contributed by atoms with van der Waals surface area (Å²) in [6.07, 6.45) is 1.03. The van der Waals surface area contributed by atoms with E-state index in [0.29, 0.717) is 30.7 Å². The molecule has 1 amide bonds. The number of carbonyl (C=O) groups is 2. The Labute approximate surface area is 211 Å². The number of methoxy groups -OCH3 is 1. The average molecular weight is 486 g/mol. The SMILES string of the molecule is COC(=O)[C@@]1(C)C[C@@H](COc2ccc(-c3ccc(C(=N)N)cc3)cc2)N(CCc2ccccc2)C1=O. The minimum atomic E-state index is -1.21. The van der Waals surface area contributed by atoms with Gasteiger partial charge in [0.25, 0.3) is 0 Å². The van der Waals surface area contributed by atoms with Crippen molar-refractivity contribution >= 4 is 17.7 Å². The quantitative estimate of drug-likeness (QED) is 0.206. The molecule has 7 heteroatoms. The lowest BCUT2D eigenvalue weighted by Gasteiger charge is -2.25. The molecule has 3 N–H and O–H groups in total. The highest BCUT2D eigenvalue weighted by atomic mass is 16.5. The Hall–Kier alpha value is -4.13. The van der Waals surface area contributed by atoms with Crippen molar-refractivity contribution in [3.63, 3.8) is 0 Å². The van der Waals surface area contributed by atoms with Gasteiger partial charge in [-0.1, -0.05) is 66.7 Å². The molecule has 186 valence electrons. The lowest BCUT2D eigenvalue weighted by atomic mass is 9.87. The third-order valence-corrected chi connectivity index (χ3v) is 6.76. The number of likely N-dealkylation sites (tertiary alicyclic amines) is 1. The van der Waals surface area contributed by atoms with Crippen LogP contribution < -0.4 is 10.5 Å². The zero-order valence-electron chi connectivity index (χ0n) is 20.6. The number of amidine groups is 1. The second-order valence-corrected chi connectivity index (χ2v) is 9.24. The Morgan fingerprint density at radius 1 is 1.03 bits per heavy atom. The molecule has 0 unspecified atom stereocenters. The van der Waals surface area contributed by atoms with Crippen molar-refractivity contribution in [1.82, 2.24) is 4.90 Å². The second-order valence-electron chi connectivity index (χ2n) is 9.24. The summed E-state index contributed by atoms with van der Waals surface area (Å²) in [5.74, 6) is -0.0128. The summed E-state index contributed by atoms with van der Waals surface area (Å²) in [5.41, 5.74) is 8.15. The van der Waals surface area contributed by atoms with Gasteiger partial charge in [-0.05, 0) is 48.6 Å². The Kier molecular flexibility index (Phi) is 7.38. The topological polar surface area (TPSA) is 106 Å². The van der Waals surface area contributed by atoms with Gasteiger partial charge in [-0.25, -0.2) is 0 Å². The first kappa shape index (κ1) is 25.0. The Morgan fingerprint density at radius 2 is 1.64 bits per heavy atom. The fourth-order valence-electron chi connectivity index (χ4n) is 4.65. The fraction of sp³-hybridized carbons (Fsp3) is 0.276. The molecular formula is C29H31N3O4. The average Bonchev–Trinajstić information content (AvgIpc) is 3.16. The summed E-state index contributed by atoms with van der Waals surface area (Å²) in [6.45, 7) is 2.43. The first-order chi connectivity index (χ1) is 17.3. The third kappa shape index (κ3) is 5.25. The number of rotatable bonds is 9. The number of nitrogens with one attached hydrogen (secondary N) is 1. The third-order valence-electron chi connectivity index (χ3n) is 6.76. The van der Waals surface area contributed by atoms with Gasteiger partial charge >= 0.3 is 5.97 Å². The second kappa shape index (κ2) is 10.6. The molecule has 7 nitrogen and oxygen atoms in total. The maximum Gasteiger partial charge on any atom is 0.321 e. The van der Waals surface area contributed by atoms with Crippen LogP contribution in [0.4, 0.5) is 0 Å². The number of hydrogen-bond donors (Lipinski definition) is 2. The van der Waals surface area contributed by atoms with Crippen molar-refractivity contribution in [3.8, 4) is 16.9 Å². The molecule has 0 spiro atoms. The van der Waals surface area contributed by atoms with Gasteiger partial charge in [-0.3, -0.25) is 15.0 Å². The highest BCUT2D eigenvalue weighted by Crippen LogP contribution is 2.37. The first-order valence-corrected chi connectivity index (χ1v) is 11.9. The standard InChI is InChI=1S/C29H31N3O4/c1-29(28(34)35-2)18-24(32(27(29)33)17-16-20-6-4-3-5-7-20)19-36-25-14-12-22(13-15-25)21-8-10-23(11-9-21)26(30)31/h3-15,24H,16-19H2,1-2H3,(H3,30,31)/t24-,29-/m0/s1. The van der Waals surface area contributed by atoms with E-state index in [0.717, 1.165) is 16.7 Å². The zero-order chi connectivity index (χ0) is 25.7. The normalized spacial score (nSPS) is 19.2. The Balaban J connectivity index is 1.45. The van der Waals surface area contributed by atoms with Crippen molar-refractivity contribution in [1.29, 1.82) is 5.41 Å². The first-order valence-electron chi connectivity index (χ1n) is 11.9. The Bertz CT molecular complexity index is 1230. The van der Waals surface area contributed by atoms with Gasteiger partial charge < -0.3 is 20.1 Å². The molecule has 0 saturated carbocycles. The van der Waals surface area contributed by atoms with Gasteiger partial charge in [-0.2, -0.15) is 0 Å². The Morgan fingerprint density at radius 3 is 2.22 bits per heavy atom. The molecule has 3 aromatic carbocycles. The van der Waals surface area contributed by atoms with Crippen molar-refractivity contribution in [2.45, 2.75) is 25.8 Å². The summed E-state index contributed by atoms with van der Waals surface area (Å²) in [7, 11) is 1.31. The number of nitrogens with two attached hydrogens (primary N) is 1. The molecule has 0 aliphatic carbocycles. The van der Waals surface area contributed by atoms with Crippen LogP contribution in [0.5, 0.6) is 5.75 Å². The molecular weight excluding hydrogens is 454 g/mol. The van der Waals surface area contributed by atoms with Gasteiger partial charge in [-0.15, -0.1) is 0 Å². The van der Waals surface area contributed by atoms with Gasteiger partial charge in [0, 0.05) is 12.1 Å². The zero-order valence-corrected chi connectivity index (χ0v) is 20.6. The lowest BCUT2D eigenvalue weighted by Crippen LogP contribution is -2.42. The number of amides is 1. The predicted molar refractivity (Wildman–Crippen MR) is 139 cm³/mol. The van der Waals surface area contributed by atoms with Crippen LogP contribution in [0.1, 0.15) is 24.5 Å². The number of carbonyl (C=O) groups excluding carboxylic acids is 2. The van der Waals surface area contributed by atoms with Crippen molar-refractivity contribution in [2.24, 2.45) is 11.1 Å². The molecule has 3 aromatic rings. The minimum Gasteiger partial charge on any atom is -0.491 e. The van der Waals surface area contributed by atoms with E-state index in [1.54, 1.807) is 11.8 Å². The lowest BCUT2D eigenvalue weighted by molar-refractivity contribution is -0.157. The van der Waals surface area contributed by atoms with Crippen LogP contribution in [0.15, 0.2) is 78.9 Å². The molecule has 1 heterocycles. The van der Waals surface area contributed by atoms with E-state index in [1.165, 1.54) is 7.11 Å². The van der Waals surface area contributed by atoms with Crippen LogP contribution in [-0.2, 0) is 20.7 Å². The van der Waals surface area contributed by atoms with Gasteiger partial charge in [0.05, 0.1) is 13.2 Å². The van der Waals surface area contributed by atoms with Gasteiger partial charge in [0.2, 0.25) is 5.91 Å². The van der Waals surface area contributed by atoms with E-state index in [4.69, 9.17) is 20.6 Å². The summed E-state index contributed by atoms with van der Waals surface area (Å²) >= 11 is 0. The highest BCUT2D eigenvalue weighted by Gasteiger charge is 2.54. The van der Waals surface area contributed by atoms with E-state index in [2.05, 4.69) is 0 Å².